The van der Waals surface area contributed by atoms with Gasteiger partial charge < -0.3 is 9.47 Å². The SMILES string of the molecule is COc1cccc(COc2nc(F)c(F)cc2F)c1. The van der Waals surface area contributed by atoms with Gasteiger partial charge in [-0.3, -0.25) is 0 Å². The van der Waals surface area contributed by atoms with Gasteiger partial charge in [-0.1, -0.05) is 12.1 Å². The molecular formula is C13H10F3NO2. The van der Waals surface area contributed by atoms with Crippen molar-refractivity contribution in [1.82, 2.24) is 4.98 Å². The van der Waals surface area contributed by atoms with Gasteiger partial charge in [0.05, 0.1) is 7.11 Å². The van der Waals surface area contributed by atoms with E-state index >= 15 is 0 Å². The highest BCUT2D eigenvalue weighted by atomic mass is 19.2. The first kappa shape index (κ1) is 13.2. The summed E-state index contributed by atoms with van der Waals surface area (Å²) < 4.78 is 48.8. The summed E-state index contributed by atoms with van der Waals surface area (Å²) in [4.78, 5) is 3.06. The van der Waals surface area contributed by atoms with Crippen LogP contribution in [0, 0.1) is 17.6 Å². The summed E-state index contributed by atoms with van der Waals surface area (Å²) in [5.41, 5.74) is 0.685. The lowest BCUT2D eigenvalue weighted by atomic mass is 10.2. The maximum Gasteiger partial charge on any atom is 0.253 e. The molecule has 0 unspecified atom stereocenters. The Bertz CT molecular complexity index is 590. The van der Waals surface area contributed by atoms with Crippen molar-refractivity contribution in [2.24, 2.45) is 0 Å². The number of benzene rings is 1. The highest BCUT2D eigenvalue weighted by molar-refractivity contribution is 5.28. The van der Waals surface area contributed by atoms with Crippen LogP contribution in [0.4, 0.5) is 13.2 Å². The number of pyridine rings is 1. The van der Waals surface area contributed by atoms with E-state index < -0.39 is 23.5 Å². The van der Waals surface area contributed by atoms with Gasteiger partial charge in [0.15, 0.2) is 11.6 Å². The fourth-order valence-corrected chi connectivity index (χ4v) is 1.44. The van der Waals surface area contributed by atoms with Crippen LogP contribution in [0.2, 0.25) is 0 Å². The minimum absolute atomic E-state index is 0.0355. The molecule has 0 atom stereocenters. The summed E-state index contributed by atoms with van der Waals surface area (Å²) in [5.74, 6) is -3.78. The molecule has 2 aromatic rings. The second-order valence-corrected chi connectivity index (χ2v) is 3.69. The molecule has 0 N–H and O–H groups in total. The van der Waals surface area contributed by atoms with E-state index in [1.165, 1.54) is 7.11 Å². The van der Waals surface area contributed by atoms with E-state index in [-0.39, 0.29) is 6.61 Å². The largest absolute Gasteiger partial charge is 0.497 e. The number of rotatable bonds is 4. The van der Waals surface area contributed by atoms with Gasteiger partial charge in [0.1, 0.15) is 12.4 Å². The third kappa shape index (κ3) is 3.15. The van der Waals surface area contributed by atoms with Crippen LogP contribution in [0.25, 0.3) is 0 Å². The van der Waals surface area contributed by atoms with Crippen LogP contribution >= 0.6 is 0 Å². The molecule has 1 heterocycles. The Morgan fingerprint density at radius 2 is 1.89 bits per heavy atom. The normalized spacial score (nSPS) is 10.3. The average Bonchev–Trinajstić information content (AvgIpc) is 2.41. The number of nitrogens with zero attached hydrogens (tertiary/aromatic N) is 1. The summed E-state index contributed by atoms with van der Waals surface area (Å²) in [6.07, 6.45) is 0. The standard InChI is InChI=1S/C13H10F3NO2/c1-18-9-4-2-3-8(5-9)7-19-13-11(15)6-10(14)12(16)17-13/h2-6H,7H2,1H3. The first-order valence-electron chi connectivity index (χ1n) is 5.37. The Morgan fingerprint density at radius 3 is 2.63 bits per heavy atom. The molecule has 6 heteroatoms. The molecule has 0 amide bonds. The quantitative estimate of drug-likeness (QED) is 0.799. The first-order valence-corrected chi connectivity index (χ1v) is 5.37. The van der Waals surface area contributed by atoms with Gasteiger partial charge in [0, 0.05) is 6.07 Å². The molecular weight excluding hydrogens is 259 g/mol. The maximum absolute atomic E-state index is 13.3. The van der Waals surface area contributed by atoms with Crippen LogP contribution in [0.15, 0.2) is 30.3 Å². The molecule has 0 aliphatic rings. The monoisotopic (exact) mass is 269 g/mol. The fourth-order valence-electron chi connectivity index (χ4n) is 1.44. The Hall–Kier alpha value is -2.24. The van der Waals surface area contributed by atoms with E-state index in [1.807, 2.05) is 0 Å². The molecule has 0 saturated heterocycles. The summed E-state index contributed by atoms with van der Waals surface area (Å²) in [6, 6.07) is 7.26. The van der Waals surface area contributed by atoms with E-state index in [0.717, 1.165) is 0 Å². The number of aromatic nitrogens is 1. The van der Waals surface area contributed by atoms with E-state index in [9.17, 15) is 13.2 Å². The minimum Gasteiger partial charge on any atom is -0.497 e. The smallest absolute Gasteiger partial charge is 0.253 e. The van der Waals surface area contributed by atoms with Crippen molar-refractivity contribution in [1.29, 1.82) is 0 Å². The number of hydrogen-bond donors (Lipinski definition) is 0. The maximum atomic E-state index is 13.3. The van der Waals surface area contributed by atoms with E-state index in [4.69, 9.17) is 9.47 Å². The molecule has 2 rings (SSSR count). The summed E-state index contributed by atoms with van der Waals surface area (Å²) in [6.45, 7) is -0.0355. The van der Waals surface area contributed by atoms with Gasteiger partial charge in [-0.05, 0) is 17.7 Å². The Labute approximate surface area is 107 Å². The number of hydrogen-bond acceptors (Lipinski definition) is 3. The lowest BCUT2D eigenvalue weighted by Gasteiger charge is -2.07. The Morgan fingerprint density at radius 1 is 1.11 bits per heavy atom. The van der Waals surface area contributed by atoms with Crippen molar-refractivity contribution >= 4 is 0 Å². The number of halogens is 3. The average molecular weight is 269 g/mol. The molecule has 100 valence electrons. The Balaban J connectivity index is 2.12. The van der Waals surface area contributed by atoms with Crippen LogP contribution in [-0.2, 0) is 6.61 Å². The predicted octanol–water partition coefficient (Wildman–Crippen LogP) is 3.09. The molecule has 0 saturated carbocycles. The fraction of sp³-hybridized carbons (Fsp3) is 0.154. The summed E-state index contributed by atoms with van der Waals surface area (Å²) >= 11 is 0. The summed E-state index contributed by atoms with van der Waals surface area (Å²) in [5, 5.41) is 0. The topological polar surface area (TPSA) is 31.4 Å². The zero-order valence-electron chi connectivity index (χ0n) is 9.99. The van der Waals surface area contributed by atoms with Gasteiger partial charge >= 0.3 is 0 Å². The van der Waals surface area contributed by atoms with Crippen LogP contribution in [-0.4, -0.2) is 12.1 Å². The van der Waals surface area contributed by atoms with Gasteiger partial charge in [-0.15, -0.1) is 0 Å². The molecule has 3 nitrogen and oxygen atoms in total. The van der Waals surface area contributed by atoms with E-state index in [2.05, 4.69) is 4.98 Å². The van der Waals surface area contributed by atoms with Crippen molar-refractivity contribution in [2.45, 2.75) is 6.61 Å². The molecule has 0 aliphatic carbocycles. The number of ether oxygens (including phenoxy) is 2. The van der Waals surface area contributed by atoms with Crippen molar-refractivity contribution in [3.05, 3.63) is 53.5 Å². The van der Waals surface area contributed by atoms with Crippen molar-refractivity contribution in [3.63, 3.8) is 0 Å². The molecule has 0 aliphatic heterocycles. The van der Waals surface area contributed by atoms with Crippen molar-refractivity contribution < 1.29 is 22.6 Å². The third-order valence-corrected chi connectivity index (χ3v) is 2.36. The third-order valence-electron chi connectivity index (χ3n) is 2.36. The van der Waals surface area contributed by atoms with E-state index in [0.29, 0.717) is 17.4 Å². The molecule has 0 spiro atoms. The van der Waals surface area contributed by atoms with E-state index in [1.54, 1.807) is 24.3 Å². The molecule has 19 heavy (non-hydrogen) atoms. The van der Waals surface area contributed by atoms with Gasteiger partial charge in [-0.2, -0.15) is 9.37 Å². The first-order chi connectivity index (χ1) is 9.10. The molecule has 0 fully saturated rings. The van der Waals surface area contributed by atoms with Crippen LogP contribution < -0.4 is 9.47 Å². The van der Waals surface area contributed by atoms with Gasteiger partial charge in [-0.25, -0.2) is 8.78 Å². The van der Waals surface area contributed by atoms with Crippen LogP contribution in [0.5, 0.6) is 11.6 Å². The second-order valence-electron chi connectivity index (χ2n) is 3.69. The predicted molar refractivity (Wildman–Crippen MR) is 61.4 cm³/mol. The van der Waals surface area contributed by atoms with Crippen molar-refractivity contribution in [2.75, 3.05) is 7.11 Å². The second kappa shape index (κ2) is 5.60. The molecule has 1 aromatic carbocycles. The molecule has 1 aromatic heterocycles. The zero-order chi connectivity index (χ0) is 13.8. The number of methoxy groups -OCH3 is 1. The molecule has 0 radical (unpaired) electrons. The minimum atomic E-state index is -1.40. The highest BCUT2D eigenvalue weighted by Crippen LogP contribution is 2.19. The van der Waals surface area contributed by atoms with Gasteiger partial charge in [0.25, 0.3) is 11.8 Å². The Kier molecular flexibility index (Phi) is 3.89. The van der Waals surface area contributed by atoms with Crippen LogP contribution in [0.3, 0.4) is 0 Å². The van der Waals surface area contributed by atoms with Crippen molar-refractivity contribution in [3.8, 4) is 11.6 Å². The lowest BCUT2D eigenvalue weighted by molar-refractivity contribution is 0.267. The highest BCUT2D eigenvalue weighted by Gasteiger charge is 2.12. The van der Waals surface area contributed by atoms with Gasteiger partial charge in [0.2, 0.25) is 0 Å². The molecule has 0 bridgehead atoms. The lowest BCUT2D eigenvalue weighted by Crippen LogP contribution is -2.02. The summed E-state index contributed by atoms with van der Waals surface area (Å²) in [7, 11) is 1.51. The van der Waals surface area contributed by atoms with Crippen LogP contribution in [0.1, 0.15) is 5.56 Å². The zero-order valence-corrected chi connectivity index (χ0v) is 9.99.